The van der Waals surface area contributed by atoms with Gasteiger partial charge in [-0.3, -0.25) is 9.48 Å². The van der Waals surface area contributed by atoms with E-state index in [9.17, 15) is 9.59 Å². The fourth-order valence-electron chi connectivity index (χ4n) is 2.11. The number of hydrogen-bond acceptors (Lipinski definition) is 3. The zero-order valence-corrected chi connectivity index (χ0v) is 11.3. The Morgan fingerprint density at radius 1 is 1.25 bits per heavy atom. The molecule has 0 atom stereocenters. The number of primary amides is 1. The van der Waals surface area contributed by atoms with Gasteiger partial charge in [0.15, 0.2) is 0 Å². The molecule has 1 aromatic carbocycles. The molecule has 6 heteroatoms. The molecule has 0 saturated heterocycles. The number of carbonyl (C=O) groups excluding carboxylic acids is 1. The van der Waals surface area contributed by atoms with E-state index in [0.717, 1.165) is 5.56 Å². The van der Waals surface area contributed by atoms with E-state index < -0.39 is 11.9 Å². The Morgan fingerprint density at radius 2 is 1.85 bits per heavy atom. The van der Waals surface area contributed by atoms with Crippen LogP contribution in [-0.4, -0.2) is 26.8 Å². The summed E-state index contributed by atoms with van der Waals surface area (Å²) in [5.74, 6) is -1.45. The lowest BCUT2D eigenvalue weighted by Gasteiger charge is -2.05. The summed E-state index contributed by atoms with van der Waals surface area (Å²) in [6.07, 6.45) is 0. The fraction of sp³-hybridized carbons (Fsp3) is 0.214. The number of aryl methyl sites for hydroxylation is 1. The van der Waals surface area contributed by atoms with Gasteiger partial charge in [-0.05, 0) is 31.5 Å². The summed E-state index contributed by atoms with van der Waals surface area (Å²) in [5, 5.41) is 13.3. The molecule has 0 radical (unpaired) electrons. The number of nitrogens with zero attached hydrogens (tertiary/aromatic N) is 2. The maximum atomic E-state index is 11.1. The molecule has 0 unspecified atom stereocenters. The number of nitrogens with two attached hydrogens (primary N) is 1. The molecule has 0 fully saturated rings. The summed E-state index contributed by atoms with van der Waals surface area (Å²) < 4.78 is 1.64. The number of carbonyl (C=O) groups is 2. The SMILES string of the molecule is Cc1nn(Cc2ccc(C(N)=O)cc2)c(C)c1C(=O)O. The number of rotatable bonds is 4. The van der Waals surface area contributed by atoms with Crippen LogP contribution in [0.15, 0.2) is 24.3 Å². The molecule has 104 valence electrons. The Kier molecular flexibility index (Phi) is 3.56. The Labute approximate surface area is 115 Å². The third-order valence-corrected chi connectivity index (χ3v) is 3.17. The van der Waals surface area contributed by atoms with Crippen LogP contribution in [0, 0.1) is 13.8 Å². The molecule has 0 aliphatic rings. The average Bonchev–Trinajstić information content (AvgIpc) is 2.65. The van der Waals surface area contributed by atoms with Crippen molar-refractivity contribution in [3.05, 3.63) is 52.3 Å². The van der Waals surface area contributed by atoms with Crippen molar-refractivity contribution < 1.29 is 14.7 Å². The van der Waals surface area contributed by atoms with Gasteiger partial charge in [0.05, 0.1) is 17.9 Å². The van der Waals surface area contributed by atoms with Gasteiger partial charge < -0.3 is 10.8 Å². The Bertz CT molecular complexity index is 672. The molecule has 0 aliphatic heterocycles. The third kappa shape index (κ3) is 2.54. The third-order valence-electron chi connectivity index (χ3n) is 3.17. The van der Waals surface area contributed by atoms with Crippen LogP contribution >= 0.6 is 0 Å². The first-order chi connectivity index (χ1) is 9.40. The van der Waals surface area contributed by atoms with Crippen LogP contribution in [0.25, 0.3) is 0 Å². The van der Waals surface area contributed by atoms with E-state index in [1.54, 1.807) is 42.8 Å². The number of aromatic nitrogens is 2. The van der Waals surface area contributed by atoms with Gasteiger partial charge in [-0.2, -0.15) is 5.10 Å². The van der Waals surface area contributed by atoms with Gasteiger partial charge in [-0.1, -0.05) is 12.1 Å². The van der Waals surface area contributed by atoms with Crippen molar-refractivity contribution >= 4 is 11.9 Å². The fourth-order valence-corrected chi connectivity index (χ4v) is 2.11. The minimum atomic E-state index is -0.977. The average molecular weight is 273 g/mol. The molecule has 6 nitrogen and oxygen atoms in total. The maximum absolute atomic E-state index is 11.1. The van der Waals surface area contributed by atoms with Gasteiger partial charge in [0.2, 0.25) is 5.91 Å². The van der Waals surface area contributed by atoms with Crippen molar-refractivity contribution in [3.63, 3.8) is 0 Å². The van der Waals surface area contributed by atoms with E-state index in [1.807, 2.05) is 0 Å². The Morgan fingerprint density at radius 3 is 2.30 bits per heavy atom. The highest BCUT2D eigenvalue weighted by molar-refractivity contribution is 5.92. The second kappa shape index (κ2) is 5.16. The first-order valence-electron chi connectivity index (χ1n) is 6.06. The number of carboxylic acid groups (broad SMARTS) is 1. The Balaban J connectivity index is 2.28. The number of benzene rings is 1. The lowest BCUT2D eigenvalue weighted by atomic mass is 10.1. The van der Waals surface area contributed by atoms with Crippen molar-refractivity contribution in [1.29, 1.82) is 0 Å². The summed E-state index contributed by atoms with van der Waals surface area (Å²) in [5.41, 5.74) is 7.86. The molecule has 20 heavy (non-hydrogen) atoms. The predicted octanol–water partition coefficient (Wildman–Crippen LogP) is 1.35. The first-order valence-corrected chi connectivity index (χ1v) is 6.06. The Hall–Kier alpha value is -2.63. The normalized spacial score (nSPS) is 10.5. The second-order valence-corrected chi connectivity index (χ2v) is 4.57. The van der Waals surface area contributed by atoms with Crippen molar-refractivity contribution in [2.75, 3.05) is 0 Å². The van der Waals surface area contributed by atoms with Crippen LogP contribution in [0.1, 0.15) is 37.7 Å². The first kappa shape index (κ1) is 13.8. The van der Waals surface area contributed by atoms with Crippen LogP contribution < -0.4 is 5.73 Å². The molecule has 0 spiro atoms. The topological polar surface area (TPSA) is 98.2 Å². The van der Waals surface area contributed by atoms with E-state index in [4.69, 9.17) is 10.8 Å². The summed E-state index contributed by atoms with van der Waals surface area (Å²) >= 11 is 0. The van der Waals surface area contributed by atoms with Crippen LogP contribution in [0.2, 0.25) is 0 Å². The monoisotopic (exact) mass is 273 g/mol. The number of amides is 1. The van der Waals surface area contributed by atoms with Crippen molar-refractivity contribution in [1.82, 2.24) is 9.78 Å². The van der Waals surface area contributed by atoms with Gasteiger partial charge in [0.25, 0.3) is 0 Å². The van der Waals surface area contributed by atoms with Gasteiger partial charge in [-0.15, -0.1) is 0 Å². The summed E-state index contributed by atoms with van der Waals surface area (Å²) in [6.45, 7) is 3.84. The molecule has 0 saturated carbocycles. The zero-order chi connectivity index (χ0) is 14.9. The summed E-state index contributed by atoms with van der Waals surface area (Å²) in [7, 11) is 0. The highest BCUT2D eigenvalue weighted by atomic mass is 16.4. The van der Waals surface area contributed by atoms with Crippen molar-refractivity contribution in [3.8, 4) is 0 Å². The molecular weight excluding hydrogens is 258 g/mol. The number of aromatic carboxylic acids is 1. The molecule has 1 heterocycles. The van der Waals surface area contributed by atoms with Crippen LogP contribution in [0.5, 0.6) is 0 Å². The van der Waals surface area contributed by atoms with E-state index >= 15 is 0 Å². The van der Waals surface area contributed by atoms with Crippen molar-refractivity contribution in [2.24, 2.45) is 5.73 Å². The molecular formula is C14H15N3O3. The minimum Gasteiger partial charge on any atom is -0.478 e. The summed E-state index contributed by atoms with van der Waals surface area (Å²) in [6, 6.07) is 6.83. The number of hydrogen-bond donors (Lipinski definition) is 2. The van der Waals surface area contributed by atoms with E-state index in [0.29, 0.717) is 23.5 Å². The number of carboxylic acids is 1. The summed E-state index contributed by atoms with van der Waals surface area (Å²) in [4.78, 5) is 22.1. The highest BCUT2D eigenvalue weighted by Crippen LogP contribution is 2.15. The quantitative estimate of drug-likeness (QED) is 0.878. The van der Waals surface area contributed by atoms with E-state index in [2.05, 4.69) is 5.10 Å². The largest absolute Gasteiger partial charge is 0.478 e. The highest BCUT2D eigenvalue weighted by Gasteiger charge is 2.17. The lowest BCUT2D eigenvalue weighted by Crippen LogP contribution is -2.11. The molecule has 1 aromatic heterocycles. The standard InChI is InChI=1S/C14H15N3O3/c1-8-12(14(19)20)9(2)17(16-8)7-10-3-5-11(6-4-10)13(15)18/h3-6H,7H2,1-2H3,(H2,15,18)(H,19,20). The van der Waals surface area contributed by atoms with Crippen LogP contribution in [-0.2, 0) is 6.54 Å². The van der Waals surface area contributed by atoms with Gasteiger partial charge in [-0.25, -0.2) is 4.79 Å². The molecule has 2 rings (SSSR count). The predicted molar refractivity (Wildman–Crippen MR) is 72.7 cm³/mol. The van der Waals surface area contributed by atoms with Crippen molar-refractivity contribution in [2.45, 2.75) is 20.4 Å². The molecule has 3 N–H and O–H groups in total. The van der Waals surface area contributed by atoms with Gasteiger partial charge in [0.1, 0.15) is 5.56 Å². The van der Waals surface area contributed by atoms with E-state index in [-0.39, 0.29) is 5.56 Å². The van der Waals surface area contributed by atoms with Gasteiger partial charge >= 0.3 is 5.97 Å². The minimum absolute atomic E-state index is 0.235. The lowest BCUT2D eigenvalue weighted by molar-refractivity contribution is 0.0695. The molecule has 2 aromatic rings. The van der Waals surface area contributed by atoms with Crippen LogP contribution in [0.4, 0.5) is 0 Å². The van der Waals surface area contributed by atoms with E-state index in [1.165, 1.54) is 0 Å². The second-order valence-electron chi connectivity index (χ2n) is 4.57. The smallest absolute Gasteiger partial charge is 0.339 e. The zero-order valence-electron chi connectivity index (χ0n) is 11.3. The van der Waals surface area contributed by atoms with Crippen LogP contribution in [0.3, 0.4) is 0 Å². The molecule has 1 amide bonds. The van der Waals surface area contributed by atoms with Gasteiger partial charge in [0, 0.05) is 5.56 Å². The molecule has 0 bridgehead atoms. The molecule has 0 aliphatic carbocycles. The maximum Gasteiger partial charge on any atom is 0.339 e.